The molecule has 166 valence electrons. The molecule has 0 saturated carbocycles. The van der Waals surface area contributed by atoms with Crippen molar-refractivity contribution in [3.05, 3.63) is 47.6 Å². The summed E-state index contributed by atoms with van der Waals surface area (Å²) in [6.07, 6.45) is 36.9. The molecule has 0 bridgehead atoms. The average Bonchev–Trinajstić information content (AvgIpc) is 3.35. The molecule has 0 fully saturated rings. The minimum atomic E-state index is 0. The van der Waals surface area contributed by atoms with Crippen LogP contribution in [0.2, 0.25) is 0 Å². The molecule has 0 nitrogen and oxygen atoms in total. The van der Waals surface area contributed by atoms with Crippen LogP contribution in [0.1, 0.15) is 117 Å². The zero-order chi connectivity index (χ0) is 18.7. The van der Waals surface area contributed by atoms with E-state index in [-0.39, 0.29) is 46.5 Å². The smallest absolute Gasteiger partial charge is 0.269 e. The van der Waals surface area contributed by atoms with Crippen molar-refractivity contribution in [2.45, 2.75) is 117 Å². The van der Waals surface area contributed by atoms with Crippen LogP contribution in [0.5, 0.6) is 0 Å². The maximum Gasteiger partial charge on any atom is 2.00 e. The van der Waals surface area contributed by atoms with Gasteiger partial charge in [0.05, 0.1) is 0 Å². The summed E-state index contributed by atoms with van der Waals surface area (Å²) >= 11 is 0. The van der Waals surface area contributed by atoms with Crippen LogP contribution in [0.4, 0.5) is 0 Å². The zero-order valence-electron chi connectivity index (χ0n) is 18.9. The van der Waals surface area contributed by atoms with Gasteiger partial charge in [-0.3, -0.25) is 12.2 Å². The molecule has 0 spiro atoms. The molecule has 0 aromatic carbocycles. The summed E-state index contributed by atoms with van der Waals surface area (Å²) in [4.78, 5) is 0. The summed E-state index contributed by atoms with van der Waals surface area (Å²) < 4.78 is 0. The van der Waals surface area contributed by atoms with Crippen LogP contribution >= 0.6 is 24.8 Å². The molecule has 29 heavy (non-hydrogen) atoms. The summed E-state index contributed by atoms with van der Waals surface area (Å²) in [5.74, 6) is 0. The summed E-state index contributed by atoms with van der Waals surface area (Å²) in [6.45, 7) is 4.53. The fourth-order valence-corrected chi connectivity index (χ4v) is 3.44. The van der Waals surface area contributed by atoms with Crippen LogP contribution in [0.25, 0.3) is 0 Å². The van der Waals surface area contributed by atoms with Gasteiger partial charge in [0.2, 0.25) is 0 Å². The SMILES string of the molecule is CCCCCCCCC1=[C-]CC=C1.CCCCCCCCC1=[C-]CC=C1.Cl.Cl.[Ti+2]. The zero-order valence-corrected chi connectivity index (χ0v) is 22.1. The maximum absolute atomic E-state index is 3.36. The van der Waals surface area contributed by atoms with Gasteiger partial charge in [-0.05, 0) is 0 Å². The second-order valence-electron chi connectivity index (χ2n) is 7.65. The molecule has 0 aromatic rings. The first kappa shape index (κ1) is 33.9. The largest absolute Gasteiger partial charge is 2.00 e. The number of allylic oxidation sites excluding steroid dienone is 8. The molecule has 0 amide bonds. The topological polar surface area (TPSA) is 0 Å². The van der Waals surface area contributed by atoms with Gasteiger partial charge in [0.15, 0.2) is 0 Å². The van der Waals surface area contributed by atoms with Crippen molar-refractivity contribution in [3.63, 3.8) is 0 Å². The van der Waals surface area contributed by atoms with E-state index in [2.05, 4.69) is 50.3 Å². The van der Waals surface area contributed by atoms with E-state index in [0.717, 1.165) is 12.8 Å². The third-order valence-electron chi connectivity index (χ3n) is 5.13. The summed E-state index contributed by atoms with van der Waals surface area (Å²) in [5, 5.41) is 0. The molecule has 0 radical (unpaired) electrons. The van der Waals surface area contributed by atoms with Crippen molar-refractivity contribution in [1.29, 1.82) is 0 Å². The van der Waals surface area contributed by atoms with Gasteiger partial charge in [-0.15, -0.1) is 37.7 Å². The molecule has 2 rings (SSSR count). The van der Waals surface area contributed by atoms with Gasteiger partial charge in [0.1, 0.15) is 0 Å². The third kappa shape index (κ3) is 21.3. The Balaban J connectivity index is -0.000000422. The van der Waals surface area contributed by atoms with Crippen molar-refractivity contribution < 1.29 is 21.7 Å². The van der Waals surface area contributed by atoms with E-state index in [1.54, 1.807) is 0 Å². The molecular formula is C26H44Cl2Ti. The van der Waals surface area contributed by atoms with E-state index in [9.17, 15) is 0 Å². The van der Waals surface area contributed by atoms with Crippen molar-refractivity contribution in [1.82, 2.24) is 0 Å². The first-order chi connectivity index (χ1) is 12.9. The van der Waals surface area contributed by atoms with Crippen LogP contribution in [0, 0.1) is 12.2 Å². The third-order valence-corrected chi connectivity index (χ3v) is 5.13. The number of rotatable bonds is 14. The molecule has 0 atom stereocenters. The first-order valence-electron chi connectivity index (χ1n) is 11.4. The van der Waals surface area contributed by atoms with Crippen LogP contribution in [-0.2, 0) is 21.7 Å². The van der Waals surface area contributed by atoms with Gasteiger partial charge in [0, 0.05) is 0 Å². The standard InChI is InChI=1S/2C13H21.2ClH.Ti/c2*1-2-3-4-5-6-7-10-13-11-8-9-12-13;;;/h2*8,11H,2-7,9-10H2,1H3;2*1H;/q2*-1;;;+2. The van der Waals surface area contributed by atoms with E-state index >= 15 is 0 Å². The van der Waals surface area contributed by atoms with Gasteiger partial charge in [0.25, 0.3) is 0 Å². The van der Waals surface area contributed by atoms with Crippen LogP contribution in [-0.4, -0.2) is 0 Å². The van der Waals surface area contributed by atoms with Crippen molar-refractivity contribution >= 4 is 24.8 Å². The van der Waals surface area contributed by atoms with E-state index < -0.39 is 0 Å². The normalized spacial score (nSPS) is 13.4. The minimum absolute atomic E-state index is 0. The predicted octanol–water partition coefficient (Wildman–Crippen LogP) is 9.69. The molecule has 3 heteroatoms. The average molecular weight is 475 g/mol. The fraction of sp³-hybridized carbons (Fsp3) is 0.692. The number of hydrogen-bond acceptors (Lipinski definition) is 0. The molecule has 2 aliphatic rings. The van der Waals surface area contributed by atoms with E-state index in [4.69, 9.17) is 0 Å². The summed E-state index contributed by atoms with van der Waals surface area (Å²) in [5.41, 5.74) is 2.88. The Kier molecular flexibility index (Phi) is 30.7. The van der Waals surface area contributed by atoms with Crippen LogP contribution in [0.15, 0.2) is 35.5 Å². The minimum Gasteiger partial charge on any atom is -0.269 e. The summed E-state index contributed by atoms with van der Waals surface area (Å²) in [6, 6.07) is 0. The Hall–Kier alpha value is 0.254. The molecule has 2 aliphatic carbocycles. The Morgan fingerprint density at radius 1 is 0.586 bits per heavy atom. The summed E-state index contributed by atoms with van der Waals surface area (Å²) in [7, 11) is 0. The van der Waals surface area contributed by atoms with Crippen LogP contribution < -0.4 is 0 Å². The number of unbranched alkanes of at least 4 members (excludes halogenated alkanes) is 10. The second-order valence-corrected chi connectivity index (χ2v) is 7.65. The Morgan fingerprint density at radius 2 is 0.931 bits per heavy atom. The van der Waals surface area contributed by atoms with Gasteiger partial charge < -0.3 is 0 Å². The first-order valence-corrected chi connectivity index (χ1v) is 11.4. The van der Waals surface area contributed by atoms with Gasteiger partial charge in [-0.1, -0.05) is 104 Å². The number of halogens is 2. The van der Waals surface area contributed by atoms with Crippen LogP contribution in [0.3, 0.4) is 0 Å². The molecule has 0 unspecified atom stereocenters. The Labute approximate surface area is 209 Å². The molecular weight excluding hydrogens is 431 g/mol. The van der Waals surface area contributed by atoms with Gasteiger partial charge in [-0.2, -0.15) is 12.2 Å². The van der Waals surface area contributed by atoms with Gasteiger partial charge in [-0.25, -0.2) is 23.3 Å². The molecule has 0 aliphatic heterocycles. The monoisotopic (exact) mass is 474 g/mol. The van der Waals surface area contributed by atoms with E-state index in [1.165, 1.54) is 101 Å². The van der Waals surface area contributed by atoms with Gasteiger partial charge >= 0.3 is 21.7 Å². The van der Waals surface area contributed by atoms with Crippen molar-refractivity contribution in [2.24, 2.45) is 0 Å². The van der Waals surface area contributed by atoms with E-state index in [0.29, 0.717) is 0 Å². The number of hydrogen-bond donors (Lipinski definition) is 0. The predicted molar refractivity (Wildman–Crippen MR) is 132 cm³/mol. The fourth-order valence-electron chi connectivity index (χ4n) is 3.44. The van der Waals surface area contributed by atoms with Crippen molar-refractivity contribution in [2.75, 3.05) is 0 Å². The molecule has 0 saturated heterocycles. The Bertz CT molecular complexity index is 408. The van der Waals surface area contributed by atoms with Crippen molar-refractivity contribution in [3.8, 4) is 0 Å². The Morgan fingerprint density at radius 3 is 1.24 bits per heavy atom. The molecule has 0 N–H and O–H groups in total. The molecule has 0 heterocycles. The van der Waals surface area contributed by atoms with E-state index in [1.807, 2.05) is 0 Å². The maximum atomic E-state index is 3.36. The second kappa shape index (κ2) is 26.3. The molecule has 0 aromatic heterocycles. The quantitative estimate of drug-likeness (QED) is 0.133.